The summed E-state index contributed by atoms with van der Waals surface area (Å²) in [6, 6.07) is 17.2. The van der Waals surface area contributed by atoms with Gasteiger partial charge in [-0.05, 0) is 59.0 Å². The SMILES string of the molecule is Cc1c(NC(=O)c2ccc(F)cn2)cccc1-c1ccc(CC(N)=O)c2[nH]c3cc(C(O)CO)ccc3c12. The molecule has 1 unspecified atom stereocenters. The molecule has 38 heavy (non-hydrogen) atoms. The summed E-state index contributed by atoms with van der Waals surface area (Å²) in [5.74, 6) is -1.46. The second-order valence-corrected chi connectivity index (χ2v) is 9.09. The van der Waals surface area contributed by atoms with E-state index in [1.165, 1.54) is 12.1 Å². The molecule has 0 aliphatic rings. The van der Waals surface area contributed by atoms with E-state index in [4.69, 9.17) is 5.73 Å². The molecule has 0 saturated heterocycles. The minimum Gasteiger partial charge on any atom is -0.393 e. The van der Waals surface area contributed by atoms with Crippen molar-refractivity contribution in [2.75, 3.05) is 11.9 Å². The monoisotopic (exact) mass is 512 g/mol. The Hall–Kier alpha value is -4.60. The highest BCUT2D eigenvalue weighted by Gasteiger charge is 2.19. The number of nitrogens with zero attached hydrogens (tertiary/aromatic N) is 1. The average molecular weight is 513 g/mol. The molecule has 0 spiro atoms. The predicted molar refractivity (Wildman–Crippen MR) is 143 cm³/mol. The van der Waals surface area contributed by atoms with Crippen molar-refractivity contribution < 1.29 is 24.2 Å². The normalized spacial score (nSPS) is 12.1. The summed E-state index contributed by atoms with van der Waals surface area (Å²) < 4.78 is 13.2. The molecule has 1 atom stereocenters. The molecule has 2 amide bonds. The number of aliphatic hydroxyl groups is 2. The van der Waals surface area contributed by atoms with Crippen molar-refractivity contribution in [3.8, 4) is 11.1 Å². The number of aromatic nitrogens is 2. The van der Waals surface area contributed by atoms with Crippen molar-refractivity contribution in [3.05, 3.63) is 95.1 Å². The van der Waals surface area contributed by atoms with Crippen LogP contribution < -0.4 is 11.1 Å². The van der Waals surface area contributed by atoms with Crippen LogP contribution in [0.5, 0.6) is 0 Å². The van der Waals surface area contributed by atoms with E-state index in [-0.39, 0.29) is 12.1 Å². The van der Waals surface area contributed by atoms with Crippen molar-refractivity contribution in [1.82, 2.24) is 9.97 Å². The molecule has 5 aromatic rings. The van der Waals surface area contributed by atoms with Crippen molar-refractivity contribution in [3.63, 3.8) is 0 Å². The topological polar surface area (TPSA) is 141 Å². The van der Waals surface area contributed by atoms with Crippen molar-refractivity contribution in [2.24, 2.45) is 5.73 Å². The molecule has 3 aromatic carbocycles. The largest absolute Gasteiger partial charge is 0.393 e. The van der Waals surface area contributed by atoms with E-state index in [2.05, 4.69) is 15.3 Å². The Morgan fingerprint density at radius 1 is 1.11 bits per heavy atom. The molecule has 0 bridgehead atoms. The second kappa shape index (κ2) is 10.0. The zero-order valence-electron chi connectivity index (χ0n) is 20.5. The summed E-state index contributed by atoms with van der Waals surface area (Å²) >= 11 is 0. The number of nitrogens with two attached hydrogens (primary N) is 1. The number of carbonyl (C=O) groups is 2. The fourth-order valence-electron chi connectivity index (χ4n) is 4.72. The first-order chi connectivity index (χ1) is 18.3. The number of aromatic amines is 1. The van der Waals surface area contributed by atoms with Gasteiger partial charge in [0.1, 0.15) is 17.6 Å². The maximum absolute atomic E-state index is 13.2. The summed E-state index contributed by atoms with van der Waals surface area (Å²) in [4.78, 5) is 31.7. The third-order valence-electron chi connectivity index (χ3n) is 6.62. The van der Waals surface area contributed by atoms with E-state index in [1.54, 1.807) is 18.2 Å². The number of aliphatic hydroxyl groups excluding tert-OH is 2. The Bertz CT molecular complexity index is 1700. The van der Waals surface area contributed by atoms with Gasteiger partial charge in [-0.25, -0.2) is 9.37 Å². The minimum absolute atomic E-state index is 0.0372. The number of benzene rings is 3. The fraction of sp³-hybridized carbons (Fsp3) is 0.138. The van der Waals surface area contributed by atoms with Crippen LogP contribution in [0.25, 0.3) is 32.9 Å². The molecule has 192 valence electrons. The highest BCUT2D eigenvalue weighted by Crippen LogP contribution is 2.39. The number of amides is 2. The molecular weight excluding hydrogens is 487 g/mol. The number of hydrogen-bond donors (Lipinski definition) is 5. The number of primary amides is 1. The van der Waals surface area contributed by atoms with Gasteiger partial charge in [-0.15, -0.1) is 0 Å². The number of H-pyrrole nitrogens is 1. The summed E-state index contributed by atoms with van der Waals surface area (Å²) in [6.07, 6.45) is 0.00790. The Balaban J connectivity index is 1.65. The second-order valence-electron chi connectivity index (χ2n) is 9.09. The number of pyridine rings is 1. The van der Waals surface area contributed by atoms with E-state index in [1.807, 2.05) is 37.3 Å². The van der Waals surface area contributed by atoms with Crippen LogP contribution in [0.4, 0.5) is 10.1 Å². The van der Waals surface area contributed by atoms with Crippen LogP contribution in [0.1, 0.15) is 33.3 Å². The molecule has 5 rings (SSSR count). The highest BCUT2D eigenvalue weighted by molar-refractivity contribution is 6.16. The standard InChI is InChI=1S/C29H25FN4O4/c1-15-19(3-2-4-22(15)34-29(38)23-10-7-18(30)13-32-23)20-8-6-17(12-26(31)37)28-27(20)21-9-5-16(25(36)14-35)11-24(21)33-28/h2-11,13,25,33,35-36H,12,14H2,1H3,(H2,31,37)(H,34,38). The van der Waals surface area contributed by atoms with E-state index in [9.17, 15) is 24.2 Å². The number of nitrogens with one attached hydrogen (secondary N) is 2. The smallest absolute Gasteiger partial charge is 0.274 e. The lowest BCUT2D eigenvalue weighted by Gasteiger charge is -2.15. The van der Waals surface area contributed by atoms with Crippen LogP contribution in [0.2, 0.25) is 0 Å². The minimum atomic E-state index is -1.02. The zero-order chi connectivity index (χ0) is 27.0. The summed E-state index contributed by atoms with van der Waals surface area (Å²) in [5.41, 5.74) is 11.4. The van der Waals surface area contributed by atoms with Crippen LogP contribution in [0.3, 0.4) is 0 Å². The summed E-state index contributed by atoms with van der Waals surface area (Å²) in [5, 5.41) is 24.1. The van der Waals surface area contributed by atoms with Crippen LogP contribution in [-0.2, 0) is 11.2 Å². The molecule has 8 nitrogen and oxygen atoms in total. The predicted octanol–water partition coefficient (Wildman–Crippen LogP) is 4.14. The van der Waals surface area contributed by atoms with Crippen molar-refractivity contribution in [2.45, 2.75) is 19.4 Å². The van der Waals surface area contributed by atoms with Gasteiger partial charge in [0, 0.05) is 22.0 Å². The first kappa shape index (κ1) is 25.1. The van der Waals surface area contributed by atoms with Gasteiger partial charge in [0.2, 0.25) is 5.91 Å². The highest BCUT2D eigenvalue weighted by atomic mass is 19.1. The van der Waals surface area contributed by atoms with Crippen LogP contribution in [-0.4, -0.2) is 38.6 Å². The van der Waals surface area contributed by atoms with E-state index >= 15 is 0 Å². The maximum Gasteiger partial charge on any atom is 0.274 e. The molecule has 9 heteroatoms. The first-order valence-electron chi connectivity index (χ1n) is 11.9. The van der Waals surface area contributed by atoms with Crippen LogP contribution in [0.15, 0.2) is 66.9 Å². The van der Waals surface area contributed by atoms with Gasteiger partial charge < -0.3 is 26.2 Å². The Morgan fingerprint density at radius 2 is 1.92 bits per heavy atom. The fourth-order valence-corrected chi connectivity index (χ4v) is 4.72. The Morgan fingerprint density at radius 3 is 2.63 bits per heavy atom. The zero-order valence-corrected chi connectivity index (χ0v) is 20.5. The Kier molecular flexibility index (Phi) is 6.62. The Labute approximate surface area is 216 Å². The number of halogens is 1. The van der Waals surface area contributed by atoms with Crippen molar-refractivity contribution >= 4 is 39.3 Å². The lowest BCUT2D eigenvalue weighted by Crippen LogP contribution is -2.14. The van der Waals surface area contributed by atoms with Gasteiger partial charge in [-0.2, -0.15) is 0 Å². The molecule has 0 fully saturated rings. The molecule has 2 aromatic heterocycles. The number of anilines is 1. The average Bonchev–Trinajstić information content (AvgIpc) is 3.29. The van der Waals surface area contributed by atoms with Crippen molar-refractivity contribution in [1.29, 1.82) is 0 Å². The van der Waals surface area contributed by atoms with Gasteiger partial charge in [0.05, 0.1) is 24.7 Å². The van der Waals surface area contributed by atoms with E-state index in [0.717, 1.165) is 50.3 Å². The van der Waals surface area contributed by atoms with E-state index in [0.29, 0.717) is 11.3 Å². The van der Waals surface area contributed by atoms with Gasteiger partial charge in [-0.1, -0.05) is 36.4 Å². The summed E-state index contributed by atoms with van der Waals surface area (Å²) in [6.45, 7) is 1.48. The van der Waals surface area contributed by atoms with Gasteiger partial charge in [0.25, 0.3) is 5.91 Å². The summed E-state index contributed by atoms with van der Waals surface area (Å²) in [7, 11) is 0. The van der Waals surface area contributed by atoms with Gasteiger partial charge >= 0.3 is 0 Å². The van der Waals surface area contributed by atoms with E-state index < -0.39 is 30.3 Å². The van der Waals surface area contributed by atoms with Crippen LogP contribution in [0, 0.1) is 12.7 Å². The lowest BCUT2D eigenvalue weighted by atomic mass is 9.92. The lowest BCUT2D eigenvalue weighted by molar-refractivity contribution is -0.117. The third-order valence-corrected chi connectivity index (χ3v) is 6.62. The quantitative estimate of drug-likeness (QED) is 0.223. The molecule has 0 radical (unpaired) electrons. The number of hydrogen-bond acceptors (Lipinski definition) is 5. The molecule has 0 saturated carbocycles. The number of fused-ring (bicyclic) bond motifs is 3. The molecular formula is C29H25FN4O4. The third kappa shape index (κ3) is 4.60. The molecule has 6 N–H and O–H groups in total. The molecule has 0 aliphatic carbocycles. The van der Waals surface area contributed by atoms with Gasteiger partial charge in [-0.3, -0.25) is 9.59 Å². The molecule has 2 heterocycles. The number of carbonyl (C=O) groups excluding carboxylic acids is 2. The first-order valence-corrected chi connectivity index (χ1v) is 11.9. The van der Waals surface area contributed by atoms with Gasteiger partial charge in [0.15, 0.2) is 0 Å². The number of rotatable bonds is 7. The van der Waals surface area contributed by atoms with Crippen LogP contribution >= 0.6 is 0 Å². The maximum atomic E-state index is 13.2. The molecule has 0 aliphatic heterocycles.